The van der Waals surface area contributed by atoms with Crippen LogP contribution in [0.2, 0.25) is 0 Å². The Labute approximate surface area is 107 Å². The summed E-state index contributed by atoms with van der Waals surface area (Å²) in [7, 11) is 1.62. The zero-order valence-corrected chi connectivity index (χ0v) is 11.5. The van der Waals surface area contributed by atoms with E-state index in [9.17, 15) is 5.11 Å². The zero-order chi connectivity index (χ0) is 12.8. The van der Waals surface area contributed by atoms with Gasteiger partial charge in [-0.25, -0.2) is 0 Å². The normalized spacial score (nSPS) is 14.6. The Kier molecular flexibility index (Phi) is 5.98. The number of aryl methyl sites for hydroxylation is 2. The van der Waals surface area contributed by atoms with Crippen molar-refractivity contribution in [3.63, 3.8) is 0 Å². The van der Waals surface area contributed by atoms with E-state index in [4.69, 9.17) is 10.5 Å². The fraction of sp³-hybridized carbons (Fsp3) is 0.538. The first-order valence-corrected chi connectivity index (χ1v) is 6.55. The van der Waals surface area contributed by atoms with Crippen molar-refractivity contribution in [2.24, 2.45) is 5.73 Å². The summed E-state index contributed by atoms with van der Waals surface area (Å²) in [6, 6.07) is 6.15. The first kappa shape index (κ1) is 14.5. The van der Waals surface area contributed by atoms with E-state index in [0.717, 1.165) is 0 Å². The molecule has 1 aromatic carbocycles. The van der Waals surface area contributed by atoms with Crippen molar-refractivity contribution in [3.05, 3.63) is 29.3 Å². The molecule has 0 aliphatic carbocycles. The number of aliphatic hydroxyl groups is 1. The highest BCUT2D eigenvalue weighted by atomic mass is 32.2. The molecule has 0 saturated heterocycles. The first-order chi connectivity index (χ1) is 8.08. The lowest BCUT2D eigenvalue weighted by atomic mass is 10.2. The smallest absolute Gasteiger partial charge is 0.0625 e. The van der Waals surface area contributed by atoms with Gasteiger partial charge in [-0.15, -0.1) is 11.8 Å². The summed E-state index contributed by atoms with van der Waals surface area (Å²) in [5, 5.41) is 9.36. The van der Waals surface area contributed by atoms with Crippen LogP contribution in [0.4, 0.5) is 0 Å². The van der Waals surface area contributed by atoms with Gasteiger partial charge in [-0.1, -0.05) is 17.7 Å². The van der Waals surface area contributed by atoms with E-state index < -0.39 is 0 Å². The Hall–Kier alpha value is -0.550. The Bertz CT molecular complexity index is 357. The van der Waals surface area contributed by atoms with Crippen LogP contribution >= 0.6 is 11.8 Å². The first-order valence-electron chi connectivity index (χ1n) is 5.67. The molecule has 0 aliphatic heterocycles. The molecule has 96 valence electrons. The van der Waals surface area contributed by atoms with Gasteiger partial charge in [0.1, 0.15) is 0 Å². The number of ether oxygens (including phenoxy) is 1. The Morgan fingerprint density at radius 1 is 1.41 bits per heavy atom. The number of hydrogen-bond acceptors (Lipinski definition) is 4. The second-order valence-electron chi connectivity index (χ2n) is 4.23. The van der Waals surface area contributed by atoms with Gasteiger partial charge in [-0.05, 0) is 25.5 Å². The van der Waals surface area contributed by atoms with Crippen molar-refractivity contribution in [2.75, 3.05) is 20.3 Å². The summed E-state index contributed by atoms with van der Waals surface area (Å²) < 4.78 is 5.03. The monoisotopic (exact) mass is 255 g/mol. The summed E-state index contributed by atoms with van der Waals surface area (Å²) in [6.45, 7) is 4.65. The molecule has 0 aliphatic rings. The number of benzene rings is 1. The van der Waals surface area contributed by atoms with E-state index in [0.29, 0.717) is 6.61 Å². The van der Waals surface area contributed by atoms with Crippen molar-refractivity contribution in [1.82, 2.24) is 0 Å². The third-order valence-corrected chi connectivity index (χ3v) is 4.13. The van der Waals surface area contributed by atoms with Gasteiger partial charge < -0.3 is 15.6 Å². The van der Waals surface area contributed by atoms with E-state index in [1.54, 1.807) is 18.9 Å². The number of aliphatic hydroxyl groups excluding tert-OH is 1. The Balaban J connectivity index is 2.76. The van der Waals surface area contributed by atoms with Gasteiger partial charge in [-0.3, -0.25) is 0 Å². The fourth-order valence-corrected chi connectivity index (χ4v) is 2.72. The number of methoxy groups -OCH3 is 1. The lowest BCUT2D eigenvalue weighted by molar-refractivity contribution is 0.167. The average Bonchev–Trinajstić information content (AvgIpc) is 2.30. The highest BCUT2D eigenvalue weighted by molar-refractivity contribution is 8.00. The molecule has 0 spiro atoms. The lowest BCUT2D eigenvalue weighted by Crippen LogP contribution is -2.38. The predicted molar refractivity (Wildman–Crippen MR) is 72.5 cm³/mol. The molecule has 2 unspecified atom stereocenters. The minimum Gasteiger partial charge on any atom is -0.395 e. The quantitative estimate of drug-likeness (QED) is 0.760. The number of nitrogens with two attached hydrogens (primary N) is 1. The second kappa shape index (κ2) is 7.01. The standard InChI is InChI=1S/C13H21NO2S/c1-9-4-5-10(2)12(6-9)17-13(7-15)11(14)8-16-3/h4-6,11,13,15H,7-8,14H2,1-3H3. The Morgan fingerprint density at radius 2 is 2.12 bits per heavy atom. The number of hydrogen-bond donors (Lipinski definition) is 2. The van der Waals surface area contributed by atoms with Gasteiger partial charge >= 0.3 is 0 Å². The van der Waals surface area contributed by atoms with Gasteiger partial charge in [0.15, 0.2) is 0 Å². The van der Waals surface area contributed by atoms with Gasteiger partial charge in [0.05, 0.1) is 13.2 Å². The van der Waals surface area contributed by atoms with Crippen LogP contribution in [0, 0.1) is 13.8 Å². The van der Waals surface area contributed by atoms with Crippen LogP contribution in [0.3, 0.4) is 0 Å². The topological polar surface area (TPSA) is 55.5 Å². The molecular weight excluding hydrogens is 234 g/mol. The maximum Gasteiger partial charge on any atom is 0.0625 e. The van der Waals surface area contributed by atoms with Crippen molar-refractivity contribution in [2.45, 2.75) is 30.0 Å². The van der Waals surface area contributed by atoms with Crippen LogP contribution in [0.5, 0.6) is 0 Å². The van der Waals surface area contributed by atoms with Crippen molar-refractivity contribution >= 4 is 11.8 Å². The number of thioether (sulfide) groups is 1. The fourth-order valence-electron chi connectivity index (χ4n) is 1.56. The molecule has 0 radical (unpaired) electrons. The SMILES string of the molecule is COCC(N)C(CO)Sc1cc(C)ccc1C. The minimum absolute atomic E-state index is 0.0320. The number of rotatable bonds is 6. The largest absolute Gasteiger partial charge is 0.395 e. The molecule has 1 rings (SSSR count). The Morgan fingerprint density at radius 3 is 2.71 bits per heavy atom. The van der Waals surface area contributed by atoms with Crippen LogP contribution < -0.4 is 5.73 Å². The highest BCUT2D eigenvalue weighted by Crippen LogP contribution is 2.28. The predicted octanol–water partition coefficient (Wildman–Crippen LogP) is 1.73. The maximum atomic E-state index is 9.39. The van der Waals surface area contributed by atoms with E-state index >= 15 is 0 Å². The molecule has 0 saturated carbocycles. The molecule has 0 amide bonds. The third-order valence-electron chi connectivity index (χ3n) is 2.64. The molecule has 3 nitrogen and oxygen atoms in total. The summed E-state index contributed by atoms with van der Waals surface area (Å²) in [5.74, 6) is 0. The van der Waals surface area contributed by atoms with E-state index in [-0.39, 0.29) is 17.9 Å². The summed E-state index contributed by atoms with van der Waals surface area (Å²) in [6.07, 6.45) is 0. The van der Waals surface area contributed by atoms with Crippen LogP contribution in [-0.4, -0.2) is 36.7 Å². The molecule has 0 heterocycles. The van der Waals surface area contributed by atoms with Crippen LogP contribution in [-0.2, 0) is 4.74 Å². The van der Waals surface area contributed by atoms with Crippen LogP contribution in [0.15, 0.2) is 23.1 Å². The molecule has 3 N–H and O–H groups in total. The molecule has 4 heteroatoms. The lowest BCUT2D eigenvalue weighted by Gasteiger charge is -2.21. The van der Waals surface area contributed by atoms with E-state index in [1.165, 1.54) is 16.0 Å². The molecule has 2 atom stereocenters. The summed E-state index contributed by atoms with van der Waals surface area (Å²) in [5.41, 5.74) is 8.40. The van der Waals surface area contributed by atoms with Crippen molar-refractivity contribution < 1.29 is 9.84 Å². The molecule has 1 aromatic rings. The summed E-state index contributed by atoms with van der Waals surface area (Å²) >= 11 is 1.62. The van der Waals surface area contributed by atoms with Gasteiger partial charge in [0.25, 0.3) is 0 Å². The van der Waals surface area contributed by atoms with Crippen molar-refractivity contribution in [1.29, 1.82) is 0 Å². The molecule has 0 bridgehead atoms. The average molecular weight is 255 g/mol. The van der Waals surface area contributed by atoms with Gasteiger partial charge in [0.2, 0.25) is 0 Å². The second-order valence-corrected chi connectivity index (χ2v) is 5.51. The van der Waals surface area contributed by atoms with E-state index in [2.05, 4.69) is 32.0 Å². The third kappa shape index (κ3) is 4.32. The van der Waals surface area contributed by atoms with Gasteiger partial charge in [0, 0.05) is 23.3 Å². The molecule has 0 fully saturated rings. The summed E-state index contributed by atoms with van der Waals surface area (Å²) in [4.78, 5) is 1.18. The van der Waals surface area contributed by atoms with Crippen LogP contribution in [0.25, 0.3) is 0 Å². The zero-order valence-electron chi connectivity index (χ0n) is 10.6. The molecule has 17 heavy (non-hydrogen) atoms. The van der Waals surface area contributed by atoms with E-state index in [1.807, 2.05) is 0 Å². The van der Waals surface area contributed by atoms with Crippen LogP contribution in [0.1, 0.15) is 11.1 Å². The van der Waals surface area contributed by atoms with Gasteiger partial charge in [-0.2, -0.15) is 0 Å². The highest BCUT2D eigenvalue weighted by Gasteiger charge is 2.19. The maximum absolute atomic E-state index is 9.39. The van der Waals surface area contributed by atoms with Crippen molar-refractivity contribution in [3.8, 4) is 0 Å². The minimum atomic E-state index is -0.157. The molecule has 0 aromatic heterocycles. The molecular formula is C13H21NO2S.